The Bertz CT molecular complexity index is 180. The van der Waals surface area contributed by atoms with Crippen LogP contribution >= 0.6 is 0 Å². The van der Waals surface area contributed by atoms with Crippen molar-refractivity contribution in [3.63, 3.8) is 0 Å². The van der Waals surface area contributed by atoms with E-state index in [0.717, 1.165) is 6.04 Å². The quantitative estimate of drug-likeness (QED) is 0.257. The number of unbranched alkanes of at least 4 members (excludes halogenated alkanes) is 12. The highest BCUT2D eigenvalue weighted by Gasteiger charge is 2.08. The first-order valence-electron chi connectivity index (χ1n) is 10.4. The largest absolute Gasteiger partial charge is 0.304 e. The van der Waals surface area contributed by atoms with Gasteiger partial charge in [-0.2, -0.15) is 0 Å². The molecule has 0 aromatic carbocycles. The summed E-state index contributed by atoms with van der Waals surface area (Å²) in [6.45, 7) is 8.30. The van der Waals surface area contributed by atoms with Crippen LogP contribution in [0.3, 0.4) is 0 Å². The molecule has 0 amide bonds. The Morgan fingerprint density at radius 2 is 1.00 bits per heavy atom. The molecule has 0 heterocycles. The van der Waals surface area contributed by atoms with Gasteiger partial charge in [0, 0.05) is 6.04 Å². The molecule has 1 unspecified atom stereocenters. The maximum Gasteiger partial charge on any atom is 0.00638 e. The van der Waals surface area contributed by atoms with Gasteiger partial charge in [0.15, 0.2) is 0 Å². The van der Waals surface area contributed by atoms with Crippen molar-refractivity contribution in [1.29, 1.82) is 0 Å². The zero-order chi connectivity index (χ0) is 16.5. The number of nitrogens with zero attached hydrogens (tertiary/aromatic N) is 1. The molecular formula is C21H45N. The predicted molar refractivity (Wildman–Crippen MR) is 103 cm³/mol. The van der Waals surface area contributed by atoms with Crippen LogP contribution in [-0.4, -0.2) is 24.5 Å². The first-order chi connectivity index (χ1) is 10.7. The molecule has 0 spiro atoms. The molecule has 0 saturated heterocycles. The molecule has 134 valence electrons. The van der Waals surface area contributed by atoms with Crippen LogP contribution < -0.4 is 0 Å². The van der Waals surface area contributed by atoms with Crippen molar-refractivity contribution >= 4 is 0 Å². The van der Waals surface area contributed by atoms with E-state index in [1.807, 2.05) is 0 Å². The lowest BCUT2D eigenvalue weighted by molar-refractivity contribution is 0.236. The standard InChI is InChI=1S/C21H45N/c1-5-7-9-11-13-15-17-19-21(3)22(4)20-18-16-14-12-10-8-6-2/h21H,5-20H2,1-4H3. The molecule has 0 bridgehead atoms. The molecule has 0 radical (unpaired) electrons. The second-order valence-corrected chi connectivity index (χ2v) is 7.36. The van der Waals surface area contributed by atoms with Gasteiger partial charge < -0.3 is 4.90 Å². The van der Waals surface area contributed by atoms with Crippen molar-refractivity contribution in [2.75, 3.05) is 13.6 Å². The average molecular weight is 312 g/mol. The Balaban J connectivity index is 3.33. The van der Waals surface area contributed by atoms with Crippen LogP contribution in [0.2, 0.25) is 0 Å². The molecule has 0 fully saturated rings. The summed E-state index contributed by atoms with van der Waals surface area (Å²) in [6, 6.07) is 0.774. The summed E-state index contributed by atoms with van der Waals surface area (Å²) >= 11 is 0. The van der Waals surface area contributed by atoms with E-state index in [1.165, 1.54) is 103 Å². The Hall–Kier alpha value is -0.0400. The maximum atomic E-state index is 2.59. The summed E-state index contributed by atoms with van der Waals surface area (Å²) in [7, 11) is 2.32. The molecular weight excluding hydrogens is 266 g/mol. The molecule has 0 rings (SSSR count). The molecule has 0 aliphatic carbocycles. The summed E-state index contributed by atoms with van der Waals surface area (Å²) in [4.78, 5) is 2.59. The Morgan fingerprint density at radius 1 is 0.591 bits per heavy atom. The van der Waals surface area contributed by atoms with Crippen molar-refractivity contribution in [2.24, 2.45) is 0 Å². The highest BCUT2D eigenvalue weighted by molar-refractivity contribution is 4.63. The number of hydrogen-bond acceptors (Lipinski definition) is 1. The summed E-state index contributed by atoms with van der Waals surface area (Å²) < 4.78 is 0. The summed E-state index contributed by atoms with van der Waals surface area (Å²) in [5, 5.41) is 0. The van der Waals surface area contributed by atoms with Gasteiger partial charge in [-0.15, -0.1) is 0 Å². The fourth-order valence-electron chi connectivity index (χ4n) is 3.16. The van der Waals surface area contributed by atoms with Crippen molar-refractivity contribution in [2.45, 2.75) is 123 Å². The first-order valence-corrected chi connectivity index (χ1v) is 10.4. The van der Waals surface area contributed by atoms with Gasteiger partial charge in [0.05, 0.1) is 0 Å². The third-order valence-electron chi connectivity index (χ3n) is 5.09. The van der Waals surface area contributed by atoms with E-state index in [1.54, 1.807) is 0 Å². The molecule has 0 N–H and O–H groups in total. The fourth-order valence-corrected chi connectivity index (χ4v) is 3.16. The number of hydrogen-bond donors (Lipinski definition) is 0. The van der Waals surface area contributed by atoms with E-state index in [-0.39, 0.29) is 0 Å². The minimum atomic E-state index is 0.774. The van der Waals surface area contributed by atoms with Gasteiger partial charge >= 0.3 is 0 Å². The van der Waals surface area contributed by atoms with Crippen molar-refractivity contribution in [3.8, 4) is 0 Å². The van der Waals surface area contributed by atoms with Crippen LogP contribution in [0.4, 0.5) is 0 Å². The van der Waals surface area contributed by atoms with Gasteiger partial charge in [-0.3, -0.25) is 0 Å². The molecule has 0 aromatic rings. The normalized spacial score (nSPS) is 13.0. The van der Waals surface area contributed by atoms with Crippen LogP contribution in [0.1, 0.15) is 117 Å². The second-order valence-electron chi connectivity index (χ2n) is 7.36. The summed E-state index contributed by atoms with van der Waals surface area (Å²) in [6.07, 6.45) is 21.4. The van der Waals surface area contributed by atoms with Crippen molar-refractivity contribution in [1.82, 2.24) is 4.90 Å². The van der Waals surface area contributed by atoms with Gasteiger partial charge in [-0.1, -0.05) is 97.3 Å². The van der Waals surface area contributed by atoms with Crippen LogP contribution in [0, 0.1) is 0 Å². The van der Waals surface area contributed by atoms with Gasteiger partial charge in [-0.05, 0) is 33.4 Å². The maximum absolute atomic E-state index is 2.59. The smallest absolute Gasteiger partial charge is 0.00638 e. The molecule has 0 saturated carbocycles. The average Bonchev–Trinajstić information content (AvgIpc) is 2.52. The van der Waals surface area contributed by atoms with E-state index in [2.05, 4.69) is 32.7 Å². The van der Waals surface area contributed by atoms with Crippen LogP contribution in [0.5, 0.6) is 0 Å². The molecule has 0 aromatic heterocycles. The van der Waals surface area contributed by atoms with E-state index in [4.69, 9.17) is 0 Å². The predicted octanol–water partition coefficient (Wildman–Crippen LogP) is 7.20. The van der Waals surface area contributed by atoms with Crippen molar-refractivity contribution < 1.29 is 0 Å². The van der Waals surface area contributed by atoms with Gasteiger partial charge in [0.25, 0.3) is 0 Å². The van der Waals surface area contributed by atoms with Gasteiger partial charge in [0.2, 0.25) is 0 Å². The van der Waals surface area contributed by atoms with Crippen molar-refractivity contribution in [3.05, 3.63) is 0 Å². The Kier molecular flexibility index (Phi) is 17.3. The molecule has 0 aliphatic heterocycles. The van der Waals surface area contributed by atoms with Gasteiger partial charge in [0.1, 0.15) is 0 Å². The van der Waals surface area contributed by atoms with E-state index < -0.39 is 0 Å². The Morgan fingerprint density at radius 3 is 1.50 bits per heavy atom. The van der Waals surface area contributed by atoms with E-state index in [0.29, 0.717) is 0 Å². The highest BCUT2D eigenvalue weighted by Crippen LogP contribution is 2.13. The van der Waals surface area contributed by atoms with Crippen LogP contribution in [-0.2, 0) is 0 Å². The minimum absolute atomic E-state index is 0.774. The number of rotatable bonds is 17. The monoisotopic (exact) mass is 311 g/mol. The molecule has 1 heteroatoms. The lowest BCUT2D eigenvalue weighted by Crippen LogP contribution is -2.29. The summed E-state index contributed by atoms with van der Waals surface area (Å²) in [5.41, 5.74) is 0. The molecule has 22 heavy (non-hydrogen) atoms. The summed E-state index contributed by atoms with van der Waals surface area (Å²) in [5.74, 6) is 0. The van der Waals surface area contributed by atoms with E-state index >= 15 is 0 Å². The first kappa shape index (κ1) is 22.0. The van der Waals surface area contributed by atoms with Gasteiger partial charge in [-0.25, -0.2) is 0 Å². The molecule has 1 atom stereocenters. The second kappa shape index (κ2) is 17.3. The Labute approximate surface area is 142 Å². The minimum Gasteiger partial charge on any atom is -0.304 e. The third kappa shape index (κ3) is 14.9. The third-order valence-corrected chi connectivity index (χ3v) is 5.09. The van der Waals surface area contributed by atoms with Crippen LogP contribution in [0.15, 0.2) is 0 Å². The van der Waals surface area contributed by atoms with E-state index in [9.17, 15) is 0 Å². The molecule has 0 aliphatic rings. The SMILES string of the molecule is CCCCCCCCCC(C)N(C)CCCCCCCCC. The topological polar surface area (TPSA) is 3.24 Å². The lowest BCUT2D eigenvalue weighted by atomic mass is 10.0. The zero-order valence-corrected chi connectivity index (χ0v) is 16.3. The lowest BCUT2D eigenvalue weighted by Gasteiger charge is -2.24. The zero-order valence-electron chi connectivity index (χ0n) is 16.3. The molecule has 1 nitrogen and oxygen atoms in total. The van der Waals surface area contributed by atoms with Crippen LogP contribution in [0.25, 0.3) is 0 Å². The fraction of sp³-hybridized carbons (Fsp3) is 1.00. The highest BCUT2D eigenvalue weighted by atomic mass is 15.1.